The molecule has 0 atom stereocenters. The Balaban J connectivity index is 2.51. The minimum absolute atomic E-state index is 0.0236. The normalized spacial score (nSPS) is 10.1. The summed E-state index contributed by atoms with van der Waals surface area (Å²) in [5.74, 6) is 1.49. The smallest absolute Gasteiger partial charge is 0.159 e. The number of rotatable bonds is 4. The van der Waals surface area contributed by atoms with E-state index in [1.807, 2.05) is 30.3 Å². The molecule has 0 bridgehead atoms. The molecular formula is C16H16O3. The zero-order valence-corrected chi connectivity index (χ0v) is 11.3. The highest BCUT2D eigenvalue weighted by Crippen LogP contribution is 2.32. The van der Waals surface area contributed by atoms with E-state index in [1.165, 1.54) is 0 Å². The van der Waals surface area contributed by atoms with Crippen LogP contribution in [0.2, 0.25) is 0 Å². The lowest BCUT2D eigenvalue weighted by Crippen LogP contribution is -1.95. The van der Waals surface area contributed by atoms with Crippen LogP contribution in [0, 0.1) is 0 Å². The lowest BCUT2D eigenvalue weighted by Gasteiger charge is -2.11. The maximum absolute atomic E-state index is 11.4. The monoisotopic (exact) mass is 256 g/mol. The second-order valence-corrected chi connectivity index (χ2v) is 4.20. The van der Waals surface area contributed by atoms with Crippen molar-refractivity contribution in [3.05, 3.63) is 48.0 Å². The van der Waals surface area contributed by atoms with Gasteiger partial charge in [-0.2, -0.15) is 0 Å². The average Bonchev–Trinajstić information content (AvgIpc) is 2.46. The zero-order valence-electron chi connectivity index (χ0n) is 11.3. The summed E-state index contributed by atoms with van der Waals surface area (Å²) in [6, 6.07) is 13.2. The molecule has 0 spiro atoms. The Labute approximate surface area is 112 Å². The molecule has 19 heavy (non-hydrogen) atoms. The third kappa shape index (κ3) is 2.76. The number of benzene rings is 2. The van der Waals surface area contributed by atoms with Gasteiger partial charge in [-0.05, 0) is 36.8 Å². The number of ether oxygens (including phenoxy) is 2. The van der Waals surface area contributed by atoms with Gasteiger partial charge >= 0.3 is 0 Å². The van der Waals surface area contributed by atoms with Crippen LogP contribution in [0.3, 0.4) is 0 Å². The molecule has 0 aliphatic rings. The van der Waals surface area contributed by atoms with E-state index in [0.717, 1.165) is 16.9 Å². The van der Waals surface area contributed by atoms with Gasteiger partial charge in [-0.3, -0.25) is 4.79 Å². The summed E-state index contributed by atoms with van der Waals surface area (Å²) in [6.07, 6.45) is 0. The van der Waals surface area contributed by atoms with Crippen LogP contribution in [-0.4, -0.2) is 20.0 Å². The molecule has 3 nitrogen and oxygen atoms in total. The van der Waals surface area contributed by atoms with Gasteiger partial charge in [0.2, 0.25) is 0 Å². The summed E-state index contributed by atoms with van der Waals surface area (Å²) in [5, 5.41) is 0. The molecular weight excluding hydrogens is 240 g/mol. The molecule has 0 heterocycles. The van der Waals surface area contributed by atoms with E-state index in [2.05, 4.69) is 0 Å². The summed E-state index contributed by atoms with van der Waals surface area (Å²) in [7, 11) is 3.23. The molecule has 0 fully saturated rings. The first-order chi connectivity index (χ1) is 9.15. The summed E-state index contributed by atoms with van der Waals surface area (Å²) in [5.41, 5.74) is 2.57. The first-order valence-electron chi connectivity index (χ1n) is 5.99. The molecule has 0 amide bonds. The molecule has 0 saturated carbocycles. The number of ketones is 1. The van der Waals surface area contributed by atoms with Crippen molar-refractivity contribution in [3.63, 3.8) is 0 Å². The minimum Gasteiger partial charge on any atom is -0.497 e. The highest BCUT2D eigenvalue weighted by atomic mass is 16.5. The van der Waals surface area contributed by atoms with Crippen molar-refractivity contribution in [1.82, 2.24) is 0 Å². The lowest BCUT2D eigenvalue weighted by molar-refractivity contribution is 0.101. The quantitative estimate of drug-likeness (QED) is 0.784. The van der Waals surface area contributed by atoms with Crippen LogP contribution in [0.25, 0.3) is 11.1 Å². The molecule has 3 heteroatoms. The number of methoxy groups -OCH3 is 2. The van der Waals surface area contributed by atoms with E-state index in [0.29, 0.717) is 11.3 Å². The number of Topliss-reactive ketones (excluding diaryl/α,β-unsaturated/α-hetero) is 1. The van der Waals surface area contributed by atoms with Crippen LogP contribution in [0.1, 0.15) is 17.3 Å². The predicted octanol–water partition coefficient (Wildman–Crippen LogP) is 3.57. The number of hydrogen-bond acceptors (Lipinski definition) is 3. The van der Waals surface area contributed by atoms with E-state index in [9.17, 15) is 4.79 Å². The Morgan fingerprint density at radius 3 is 2.42 bits per heavy atom. The van der Waals surface area contributed by atoms with E-state index < -0.39 is 0 Å². The van der Waals surface area contributed by atoms with Gasteiger partial charge in [0.1, 0.15) is 11.5 Å². The largest absolute Gasteiger partial charge is 0.497 e. The standard InChI is InChI=1S/C16H16O3/c1-11(17)12-7-8-15(16(10-12)19-3)13-5-4-6-14(9-13)18-2/h4-10H,1-3H3. The Morgan fingerprint density at radius 1 is 1.00 bits per heavy atom. The fourth-order valence-corrected chi connectivity index (χ4v) is 1.94. The number of hydrogen-bond donors (Lipinski definition) is 0. The molecule has 0 N–H and O–H groups in total. The van der Waals surface area contributed by atoms with Crippen molar-refractivity contribution in [3.8, 4) is 22.6 Å². The summed E-state index contributed by atoms with van der Waals surface area (Å²) in [6.45, 7) is 1.54. The fourth-order valence-electron chi connectivity index (χ4n) is 1.94. The van der Waals surface area contributed by atoms with E-state index >= 15 is 0 Å². The minimum atomic E-state index is 0.0236. The van der Waals surface area contributed by atoms with Crippen LogP contribution in [0.15, 0.2) is 42.5 Å². The summed E-state index contributed by atoms with van der Waals surface area (Å²) < 4.78 is 10.6. The van der Waals surface area contributed by atoms with Gasteiger partial charge in [-0.15, -0.1) is 0 Å². The highest BCUT2D eigenvalue weighted by Gasteiger charge is 2.09. The first kappa shape index (κ1) is 13.1. The van der Waals surface area contributed by atoms with Gasteiger partial charge in [0.25, 0.3) is 0 Å². The lowest BCUT2D eigenvalue weighted by atomic mass is 10.0. The second-order valence-electron chi connectivity index (χ2n) is 4.20. The first-order valence-corrected chi connectivity index (χ1v) is 5.99. The molecule has 0 aliphatic heterocycles. The van der Waals surface area contributed by atoms with Crippen LogP contribution < -0.4 is 9.47 Å². The fraction of sp³-hybridized carbons (Fsp3) is 0.188. The number of carbonyl (C=O) groups excluding carboxylic acids is 1. The van der Waals surface area contributed by atoms with E-state index in [-0.39, 0.29) is 5.78 Å². The Morgan fingerprint density at radius 2 is 1.79 bits per heavy atom. The molecule has 2 aromatic carbocycles. The van der Waals surface area contributed by atoms with E-state index in [1.54, 1.807) is 33.3 Å². The van der Waals surface area contributed by atoms with Crippen molar-refractivity contribution >= 4 is 5.78 Å². The Kier molecular flexibility index (Phi) is 3.85. The molecule has 2 rings (SSSR count). The SMILES string of the molecule is COc1cccc(-c2ccc(C(C)=O)cc2OC)c1. The van der Waals surface area contributed by atoms with Gasteiger partial charge in [0.05, 0.1) is 14.2 Å². The van der Waals surface area contributed by atoms with Crippen LogP contribution in [0.4, 0.5) is 0 Å². The predicted molar refractivity (Wildman–Crippen MR) is 75.0 cm³/mol. The topological polar surface area (TPSA) is 35.5 Å². The van der Waals surface area contributed by atoms with Gasteiger partial charge < -0.3 is 9.47 Å². The molecule has 0 saturated heterocycles. The van der Waals surface area contributed by atoms with E-state index in [4.69, 9.17) is 9.47 Å². The maximum Gasteiger partial charge on any atom is 0.159 e. The Hall–Kier alpha value is -2.29. The third-order valence-corrected chi connectivity index (χ3v) is 2.99. The number of carbonyl (C=O) groups is 1. The summed E-state index contributed by atoms with van der Waals surface area (Å²) >= 11 is 0. The maximum atomic E-state index is 11.4. The van der Waals surface area contributed by atoms with Crippen molar-refractivity contribution in [2.75, 3.05) is 14.2 Å². The summed E-state index contributed by atoms with van der Waals surface area (Å²) in [4.78, 5) is 11.4. The van der Waals surface area contributed by atoms with Crippen molar-refractivity contribution in [1.29, 1.82) is 0 Å². The molecule has 0 radical (unpaired) electrons. The highest BCUT2D eigenvalue weighted by molar-refractivity contribution is 5.95. The van der Waals surface area contributed by atoms with Crippen molar-refractivity contribution in [2.24, 2.45) is 0 Å². The van der Waals surface area contributed by atoms with Crippen molar-refractivity contribution < 1.29 is 14.3 Å². The van der Waals surface area contributed by atoms with Gasteiger partial charge in [-0.25, -0.2) is 0 Å². The molecule has 98 valence electrons. The average molecular weight is 256 g/mol. The van der Waals surface area contributed by atoms with Crippen LogP contribution in [0.5, 0.6) is 11.5 Å². The molecule has 0 aliphatic carbocycles. The Bertz CT molecular complexity index is 603. The van der Waals surface area contributed by atoms with Crippen LogP contribution in [-0.2, 0) is 0 Å². The van der Waals surface area contributed by atoms with Gasteiger partial charge in [0, 0.05) is 11.1 Å². The van der Waals surface area contributed by atoms with Gasteiger partial charge in [0.15, 0.2) is 5.78 Å². The molecule has 0 aromatic heterocycles. The van der Waals surface area contributed by atoms with Crippen molar-refractivity contribution in [2.45, 2.75) is 6.92 Å². The van der Waals surface area contributed by atoms with Crippen LogP contribution >= 0.6 is 0 Å². The molecule has 0 unspecified atom stereocenters. The molecule has 2 aromatic rings. The second kappa shape index (κ2) is 5.57. The van der Waals surface area contributed by atoms with Gasteiger partial charge in [-0.1, -0.05) is 18.2 Å². The third-order valence-electron chi connectivity index (χ3n) is 2.99. The zero-order chi connectivity index (χ0) is 13.8.